The van der Waals surface area contributed by atoms with Gasteiger partial charge < -0.3 is 4.74 Å². The number of sulfonamides is 2. The van der Waals surface area contributed by atoms with E-state index >= 15 is 0 Å². The molecule has 2 heterocycles. The average molecular weight is 664 g/mol. The Balaban J connectivity index is 1.70. The highest BCUT2D eigenvalue weighted by atomic mass is 32.2. The van der Waals surface area contributed by atoms with Gasteiger partial charge in [0.05, 0.1) is 47.5 Å². The number of ether oxygens (including phenoxy) is 1. The smallest absolute Gasteiger partial charge is 0.243 e. The third-order valence-electron chi connectivity index (χ3n) is 7.20. The van der Waals surface area contributed by atoms with E-state index in [1.807, 2.05) is 33.8 Å². The zero-order valence-corrected chi connectivity index (χ0v) is 28.4. The summed E-state index contributed by atoms with van der Waals surface area (Å²) in [6.45, 7) is 8.94. The van der Waals surface area contributed by atoms with Gasteiger partial charge in [-0.3, -0.25) is 4.98 Å². The molecular formula is C31H41N3O5S4. The number of aromatic nitrogens is 1. The van der Waals surface area contributed by atoms with Crippen molar-refractivity contribution in [1.82, 2.24) is 13.6 Å². The molecule has 0 N–H and O–H groups in total. The molecule has 1 aliphatic heterocycles. The minimum absolute atomic E-state index is 0.0679. The Morgan fingerprint density at radius 1 is 0.674 bits per heavy atom. The van der Waals surface area contributed by atoms with Crippen LogP contribution in [0.25, 0.3) is 0 Å². The second-order valence-electron chi connectivity index (χ2n) is 10.8. The van der Waals surface area contributed by atoms with Gasteiger partial charge in [-0.05, 0) is 64.1 Å². The normalized spacial score (nSPS) is 21.1. The second kappa shape index (κ2) is 15.4. The number of hydrogen-bond acceptors (Lipinski definition) is 8. The highest BCUT2D eigenvalue weighted by molar-refractivity contribution is 7.99. The Kier molecular flexibility index (Phi) is 12.1. The maximum atomic E-state index is 13.9. The van der Waals surface area contributed by atoms with E-state index < -0.39 is 20.0 Å². The van der Waals surface area contributed by atoms with Crippen LogP contribution in [0.15, 0.2) is 76.5 Å². The summed E-state index contributed by atoms with van der Waals surface area (Å²) in [7, 11) is -7.66. The summed E-state index contributed by atoms with van der Waals surface area (Å²) in [4.78, 5) is 5.27. The molecule has 2 bridgehead atoms. The number of hydrogen-bond donors (Lipinski definition) is 0. The maximum Gasteiger partial charge on any atom is 0.243 e. The first-order valence-corrected chi connectivity index (χ1v) is 19.5. The first kappa shape index (κ1) is 34.0. The van der Waals surface area contributed by atoms with Gasteiger partial charge in [0.25, 0.3) is 0 Å². The van der Waals surface area contributed by atoms with E-state index in [0.29, 0.717) is 36.1 Å². The van der Waals surface area contributed by atoms with Crippen molar-refractivity contribution in [2.45, 2.75) is 62.7 Å². The summed E-state index contributed by atoms with van der Waals surface area (Å²) in [6, 6.07) is 18.5. The zero-order valence-electron chi connectivity index (χ0n) is 25.2. The lowest BCUT2D eigenvalue weighted by molar-refractivity contribution is 0.167. The maximum absolute atomic E-state index is 13.9. The largest absolute Gasteiger partial charge is 0.380 e. The topological polar surface area (TPSA) is 96.9 Å². The molecule has 1 aliphatic rings. The lowest BCUT2D eigenvalue weighted by atomic mass is 10.2. The van der Waals surface area contributed by atoms with Crippen LogP contribution in [0.3, 0.4) is 0 Å². The summed E-state index contributed by atoms with van der Waals surface area (Å²) in [5, 5.41) is 0. The average Bonchev–Trinajstić information content (AvgIpc) is 2.97. The Hall–Kier alpha value is -1.93. The number of benzene rings is 2. The predicted molar refractivity (Wildman–Crippen MR) is 176 cm³/mol. The van der Waals surface area contributed by atoms with Gasteiger partial charge in [0.15, 0.2) is 0 Å². The van der Waals surface area contributed by atoms with Crippen molar-refractivity contribution in [2.75, 3.05) is 36.2 Å². The molecule has 0 spiro atoms. The Morgan fingerprint density at radius 3 is 1.47 bits per heavy atom. The highest BCUT2D eigenvalue weighted by Gasteiger charge is 2.32. The summed E-state index contributed by atoms with van der Waals surface area (Å²) in [5.74, 6) is 2.70. The first-order chi connectivity index (χ1) is 20.5. The van der Waals surface area contributed by atoms with Crippen LogP contribution in [0.1, 0.15) is 36.4 Å². The van der Waals surface area contributed by atoms with E-state index in [1.165, 1.54) is 8.61 Å². The molecule has 234 valence electrons. The fourth-order valence-corrected chi connectivity index (χ4v) is 9.92. The van der Waals surface area contributed by atoms with Gasteiger partial charge >= 0.3 is 0 Å². The molecule has 2 atom stereocenters. The summed E-state index contributed by atoms with van der Waals surface area (Å²) < 4.78 is 64.5. The van der Waals surface area contributed by atoms with E-state index in [0.717, 1.165) is 22.6 Å². The Bertz CT molecular complexity index is 1440. The van der Waals surface area contributed by atoms with E-state index in [2.05, 4.69) is 0 Å². The molecule has 4 rings (SSSR count). The van der Waals surface area contributed by atoms with Gasteiger partial charge in [-0.15, -0.1) is 0 Å². The van der Waals surface area contributed by atoms with Crippen molar-refractivity contribution in [3.8, 4) is 0 Å². The molecule has 2 aromatic carbocycles. The lowest BCUT2D eigenvalue weighted by Gasteiger charge is -2.29. The van der Waals surface area contributed by atoms with E-state index in [1.54, 1.807) is 84.2 Å². The molecular weight excluding hydrogens is 623 g/mol. The van der Waals surface area contributed by atoms with Crippen LogP contribution in [0, 0.1) is 13.8 Å². The zero-order chi connectivity index (χ0) is 31.0. The Morgan fingerprint density at radius 2 is 1.07 bits per heavy atom. The van der Waals surface area contributed by atoms with E-state index in [9.17, 15) is 16.8 Å². The van der Waals surface area contributed by atoms with Crippen LogP contribution >= 0.6 is 23.5 Å². The molecule has 0 radical (unpaired) electrons. The van der Waals surface area contributed by atoms with Crippen molar-refractivity contribution < 1.29 is 21.6 Å². The van der Waals surface area contributed by atoms with Crippen molar-refractivity contribution in [2.24, 2.45) is 0 Å². The molecule has 0 aliphatic carbocycles. The molecule has 3 aromatic rings. The molecule has 0 saturated heterocycles. The van der Waals surface area contributed by atoms with Gasteiger partial charge in [0, 0.05) is 35.1 Å². The Labute approximate surface area is 265 Å². The van der Waals surface area contributed by atoms with Gasteiger partial charge in [-0.25, -0.2) is 16.8 Å². The van der Waals surface area contributed by atoms with Crippen LogP contribution in [0.2, 0.25) is 0 Å². The summed E-state index contributed by atoms with van der Waals surface area (Å²) >= 11 is 3.33. The van der Waals surface area contributed by atoms with Crippen molar-refractivity contribution >= 4 is 43.6 Å². The van der Waals surface area contributed by atoms with Crippen molar-refractivity contribution in [1.29, 1.82) is 0 Å². The van der Waals surface area contributed by atoms with Gasteiger partial charge in [-0.1, -0.05) is 41.5 Å². The van der Waals surface area contributed by atoms with Crippen LogP contribution in [0.5, 0.6) is 0 Å². The third kappa shape index (κ3) is 9.06. The summed E-state index contributed by atoms with van der Waals surface area (Å²) in [5.41, 5.74) is 3.08. The number of rotatable bonds is 4. The van der Waals surface area contributed by atoms with Crippen LogP contribution < -0.4 is 0 Å². The molecule has 0 amide bonds. The molecule has 43 heavy (non-hydrogen) atoms. The van der Waals surface area contributed by atoms with E-state index in [-0.39, 0.29) is 35.0 Å². The van der Waals surface area contributed by atoms with Gasteiger partial charge in [0.1, 0.15) is 0 Å². The van der Waals surface area contributed by atoms with Crippen molar-refractivity contribution in [3.05, 3.63) is 89.2 Å². The van der Waals surface area contributed by atoms with E-state index in [4.69, 9.17) is 9.72 Å². The minimum Gasteiger partial charge on any atom is -0.380 e. The molecule has 0 fully saturated rings. The number of thioether (sulfide) groups is 2. The van der Waals surface area contributed by atoms with Gasteiger partial charge in [-0.2, -0.15) is 32.1 Å². The predicted octanol–water partition coefficient (Wildman–Crippen LogP) is 5.35. The lowest BCUT2D eigenvalue weighted by Crippen LogP contribution is -2.40. The highest BCUT2D eigenvalue weighted by Crippen LogP contribution is 2.26. The fourth-order valence-electron chi connectivity index (χ4n) is 4.68. The van der Waals surface area contributed by atoms with Crippen LogP contribution in [-0.2, 0) is 37.9 Å². The quantitative estimate of drug-likeness (QED) is 0.369. The summed E-state index contributed by atoms with van der Waals surface area (Å²) in [6.07, 6.45) is 0. The molecule has 1 aromatic heterocycles. The SMILES string of the molecule is Cc1ccc(S(=O)(=O)N2Cc3cccc(n3)CN(S(=O)(=O)c3ccc(C)cc3)[C@@H](C)CSCCOCCSC[C@@H]2C)cc1. The first-order valence-electron chi connectivity index (χ1n) is 14.3. The number of nitrogens with zero attached hydrogens (tertiary/aromatic N) is 3. The van der Waals surface area contributed by atoms with Crippen molar-refractivity contribution in [3.63, 3.8) is 0 Å². The van der Waals surface area contributed by atoms with Gasteiger partial charge in [0.2, 0.25) is 20.0 Å². The minimum atomic E-state index is -3.83. The standard InChI is InChI=1S/C31H41N3O5S4/c1-24-8-12-30(13-9-24)42(35,36)33-20-28-6-5-7-29(32-28)21-34(43(37,38)31-14-10-25(2)11-15-31)27(4)23-41-19-17-39-16-18-40-22-26(33)3/h5-15,26-27H,16-23H2,1-4H3/t26-,27-/m0/s1. The van der Waals surface area contributed by atoms with Crippen LogP contribution in [0.4, 0.5) is 0 Å². The third-order valence-corrected chi connectivity index (χ3v) is 13.5. The number of fused-ring (bicyclic) bond motifs is 2. The molecule has 0 unspecified atom stereocenters. The molecule has 8 nitrogen and oxygen atoms in total. The molecule has 12 heteroatoms. The monoisotopic (exact) mass is 663 g/mol. The van der Waals surface area contributed by atoms with Crippen LogP contribution in [-0.4, -0.2) is 78.7 Å². The molecule has 0 saturated carbocycles. The number of aryl methyl sites for hydroxylation is 2. The number of pyridine rings is 1. The second-order valence-corrected chi connectivity index (χ2v) is 16.9. The fraction of sp³-hybridized carbons (Fsp3) is 0.452.